The molecule has 0 saturated carbocycles. The number of rotatable bonds is 8. The smallest absolute Gasteiger partial charge is 0.0674 e. The molecule has 1 atom stereocenters. The molecule has 1 rings (SSSR count). The highest BCUT2D eigenvalue weighted by molar-refractivity contribution is 4.67. The van der Waals surface area contributed by atoms with E-state index in [-0.39, 0.29) is 0 Å². The Bertz CT molecular complexity index is 167. The van der Waals surface area contributed by atoms with Gasteiger partial charge in [-0.1, -0.05) is 0 Å². The van der Waals surface area contributed by atoms with Crippen LogP contribution in [0, 0.1) is 0 Å². The van der Waals surface area contributed by atoms with Crippen molar-refractivity contribution in [2.24, 2.45) is 0 Å². The molecular weight excluding hydrogens is 204 g/mol. The molecule has 0 aromatic carbocycles. The van der Waals surface area contributed by atoms with Crippen LogP contribution in [0.4, 0.5) is 0 Å². The summed E-state index contributed by atoms with van der Waals surface area (Å²) in [6.07, 6.45) is 2.93. The number of hydrogen-bond donors (Lipinski definition) is 1. The van der Waals surface area contributed by atoms with Crippen LogP contribution in [0.1, 0.15) is 19.8 Å². The van der Waals surface area contributed by atoms with Crippen LogP contribution < -0.4 is 5.32 Å². The van der Waals surface area contributed by atoms with E-state index in [1.54, 1.807) is 7.11 Å². The lowest BCUT2D eigenvalue weighted by Crippen LogP contribution is -2.41. The van der Waals surface area contributed by atoms with Gasteiger partial charge < -0.3 is 14.8 Å². The Kier molecular flexibility index (Phi) is 7.76. The van der Waals surface area contributed by atoms with E-state index in [1.807, 2.05) is 0 Å². The average molecular weight is 230 g/mol. The molecule has 96 valence electrons. The van der Waals surface area contributed by atoms with Crippen LogP contribution in [0.5, 0.6) is 0 Å². The lowest BCUT2D eigenvalue weighted by molar-refractivity contribution is -0.0185. The Balaban J connectivity index is 1.86. The van der Waals surface area contributed by atoms with Crippen molar-refractivity contribution in [1.29, 1.82) is 0 Å². The molecule has 0 aromatic heterocycles. The van der Waals surface area contributed by atoms with Gasteiger partial charge in [0.25, 0.3) is 0 Å². The average Bonchev–Trinajstić information content (AvgIpc) is 2.28. The fourth-order valence-electron chi connectivity index (χ4n) is 1.98. The fraction of sp³-hybridized carbons (Fsp3) is 1.00. The van der Waals surface area contributed by atoms with Crippen molar-refractivity contribution in [2.45, 2.75) is 25.9 Å². The predicted octanol–water partition coefficient (Wildman–Crippen LogP) is 0.723. The molecule has 0 aliphatic carbocycles. The Hall–Kier alpha value is -0.160. The second kappa shape index (κ2) is 8.93. The van der Waals surface area contributed by atoms with Crippen LogP contribution in [0.3, 0.4) is 0 Å². The van der Waals surface area contributed by atoms with Gasteiger partial charge in [0.1, 0.15) is 0 Å². The zero-order valence-electron chi connectivity index (χ0n) is 10.7. The van der Waals surface area contributed by atoms with E-state index in [2.05, 4.69) is 17.1 Å². The molecule has 0 radical (unpaired) electrons. The van der Waals surface area contributed by atoms with Crippen LogP contribution in [0.15, 0.2) is 0 Å². The predicted molar refractivity (Wildman–Crippen MR) is 65.8 cm³/mol. The van der Waals surface area contributed by atoms with Crippen LogP contribution >= 0.6 is 0 Å². The Labute approximate surface area is 99.3 Å². The van der Waals surface area contributed by atoms with E-state index < -0.39 is 0 Å². The Morgan fingerprint density at radius 3 is 3.00 bits per heavy atom. The summed E-state index contributed by atoms with van der Waals surface area (Å²) < 4.78 is 10.5. The maximum atomic E-state index is 5.51. The number of nitrogens with zero attached hydrogens (tertiary/aromatic N) is 1. The highest BCUT2D eigenvalue weighted by atomic mass is 16.5. The molecular formula is C12H26N2O2. The summed E-state index contributed by atoms with van der Waals surface area (Å²) in [5, 5.41) is 3.36. The monoisotopic (exact) mass is 230 g/mol. The first-order chi connectivity index (χ1) is 7.83. The van der Waals surface area contributed by atoms with Crippen LogP contribution in [-0.2, 0) is 9.47 Å². The van der Waals surface area contributed by atoms with Crippen LogP contribution in [-0.4, -0.2) is 64.1 Å². The van der Waals surface area contributed by atoms with Gasteiger partial charge in [0, 0.05) is 26.7 Å². The third-order valence-electron chi connectivity index (χ3n) is 2.89. The topological polar surface area (TPSA) is 33.7 Å². The molecule has 0 aromatic rings. The lowest BCUT2D eigenvalue weighted by Gasteiger charge is -2.30. The molecule has 1 fully saturated rings. The molecule has 0 spiro atoms. The molecule has 1 aliphatic heterocycles. The van der Waals surface area contributed by atoms with Gasteiger partial charge in [-0.25, -0.2) is 0 Å². The maximum absolute atomic E-state index is 5.51. The number of methoxy groups -OCH3 is 1. The van der Waals surface area contributed by atoms with Gasteiger partial charge in [-0.3, -0.25) is 4.90 Å². The first-order valence-electron chi connectivity index (χ1n) is 6.36. The number of nitrogens with one attached hydrogen (secondary N) is 1. The van der Waals surface area contributed by atoms with E-state index in [9.17, 15) is 0 Å². The first-order valence-corrected chi connectivity index (χ1v) is 6.36. The van der Waals surface area contributed by atoms with E-state index in [0.717, 1.165) is 39.4 Å². The SMILES string of the molecule is COCCNCCCCN1CCOC(C)C1. The van der Waals surface area contributed by atoms with Crippen molar-refractivity contribution in [1.82, 2.24) is 10.2 Å². The van der Waals surface area contributed by atoms with Gasteiger partial charge in [-0.2, -0.15) is 0 Å². The van der Waals surface area contributed by atoms with Crippen molar-refractivity contribution < 1.29 is 9.47 Å². The van der Waals surface area contributed by atoms with E-state index in [1.165, 1.54) is 19.4 Å². The van der Waals surface area contributed by atoms with Crippen LogP contribution in [0.2, 0.25) is 0 Å². The second-order valence-electron chi connectivity index (χ2n) is 4.43. The summed E-state index contributed by atoms with van der Waals surface area (Å²) in [7, 11) is 1.74. The van der Waals surface area contributed by atoms with Gasteiger partial charge in [0.15, 0.2) is 0 Å². The van der Waals surface area contributed by atoms with E-state index in [0.29, 0.717) is 6.10 Å². The zero-order valence-corrected chi connectivity index (χ0v) is 10.7. The minimum atomic E-state index is 0.411. The summed E-state index contributed by atoms with van der Waals surface area (Å²) in [5.41, 5.74) is 0. The molecule has 4 heteroatoms. The Morgan fingerprint density at radius 1 is 1.38 bits per heavy atom. The summed E-state index contributed by atoms with van der Waals surface area (Å²) in [6, 6.07) is 0. The number of ether oxygens (including phenoxy) is 2. The van der Waals surface area contributed by atoms with Gasteiger partial charge in [0.2, 0.25) is 0 Å². The van der Waals surface area contributed by atoms with Gasteiger partial charge in [-0.05, 0) is 32.9 Å². The van der Waals surface area contributed by atoms with Gasteiger partial charge >= 0.3 is 0 Å². The van der Waals surface area contributed by atoms with Gasteiger partial charge in [0.05, 0.1) is 19.3 Å². The first kappa shape index (κ1) is 13.9. The second-order valence-corrected chi connectivity index (χ2v) is 4.43. The normalized spacial score (nSPS) is 22.5. The van der Waals surface area contributed by atoms with Gasteiger partial charge in [-0.15, -0.1) is 0 Å². The highest BCUT2D eigenvalue weighted by Crippen LogP contribution is 2.05. The van der Waals surface area contributed by atoms with Crippen molar-refractivity contribution in [3.8, 4) is 0 Å². The summed E-state index contributed by atoms with van der Waals surface area (Å²) >= 11 is 0. The molecule has 1 unspecified atom stereocenters. The van der Waals surface area contributed by atoms with Crippen molar-refractivity contribution in [3.05, 3.63) is 0 Å². The standard InChI is InChI=1S/C12H26N2O2/c1-12-11-14(8-10-16-12)7-4-3-5-13-6-9-15-2/h12-13H,3-11H2,1-2H3. The number of hydrogen-bond acceptors (Lipinski definition) is 4. The highest BCUT2D eigenvalue weighted by Gasteiger charge is 2.15. The van der Waals surface area contributed by atoms with Crippen LogP contribution in [0.25, 0.3) is 0 Å². The molecule has 0 amide bonds. The quantitative estimate of drug-likeness (QED) is 0.623. The number of unbranched alkanes of at least 4 members (excludes halogenated alkanes) is 1. The maximum Gasteiger partial charge on any atom is 0.0674 e. The molecule has 16 heavy (non-hydrogen) atoms. The van der Waals surface area contributed by atoms with Crippen molar-refractivity contribution in [2.75, 3.05) is 53.0 Å². The van der Waals surface area contributed by atoms with E-state index >= 15 is 0 Å². The summed E-state index contributed by atoms with van der Waals surface area (Å²) in [4.78, 5) is 2.50. The molecule has 1 aliphatic rings. The molecule has 0 bridgehead atoms. The molecule has 1 N–H and O–H groups in total. The molecule has 1 saturated heterocycles. The summed E-state index contributed by atoms with van der Waals surface area (Å²) in [5.74, 6) is 0. The fourth-order valence-corrected chi connectivity index (χ4v) is 1.98. The third-order valence-corrected chi connectivity index (χ3v) is 2.89. The Morgan fingerprint density at radius 2 is 2.25 bits per heavy atom. The van der Waals surface area contributed by atoms with Crippen molar-refractivity contribution >= 4 is 0 Å². The third kappa shape index (κ3) is 6.43. The minimum Gasteiger partial charge on any atom is -0.383 e. The minimum absolute atomic E-state index is 0.411. The largest absolute Gasteiger partial charge is 0.383 e. The number of morpholine rings is 1. The zero-order chi connectivity index (χ0) is 11.6. The van der Waals surface area contributed by atoms with E-state index in [4.69, 9.17) is 9.47 Å². The lowest BCUT2D eigenvalue weighted by atomic mass is 10.2. The summed E-state index contributed by atoms with van der Waals surface area (Å²) in [6.45, 7) is 9.32. The molecule has 4 nitrogen and oxygen atoms in total. The van der Waals surface area contributed by atoms with Crippen molar-refractivity contribution in [3.63, 3.8) is 0 Å². The molecule has 1 heterocycles.